The normalized spacial score (nSPS) is 12.2. The van der Waals surface area contributed by atoms with E-state index in [0.717, 1.165) is 49.7 Å². The highest BCUT2D eigenvalue weighted by Crippen LogP contribution is 2.29. The molecule has 2 heteroatoms. The molecule has 0 spiro atoms. The van der Waals surface area contributed by atoms with Gasteiger partial charge in [-0.1, -0.05) is 51.0 Å². The van der Waals surface area contributed by atoms with Crippen LogP contribution in [-0.2, 0) is 4.79 Å². The second kappa shape index (κ2) is 8.57. The van der Waals surface area contributed by atoms with Crippen LogP contribution in [0.5, 0.6) is 0 Å². The number of benzene rings is 1. The molecule has 0 radical (unpaired) electrons. The number of rotatable bonds is 8. The highest BCUT2D eigenvalue weighted by Gasteiger charge is 2.15. The van der Waals surface area contributed by atoms with Crippen molar-refractivity contribution >= 4 is 11.5 Å². The number of hydrogen-bond donors (Lipinski definition) is 1. The van der Waals surface area contributed by atoms with Gasteiger partial charge in [0, 0.05) is 5.57 Å². The zero-order valence-electron chi connectivity index (χ0n) is 13.0. The van der Waals surface area contributed by atoms with E-state index in [9.17, 15) is 4.79 Å². The van der Waals surface area contributed by atoms with Crippen LogP contribution in [0.1, 0.15) is 63.5 Å². The molecule has 0 aliphatic carbocycles. The molecule has 1 aromatic carbocycles. The minimum Gasteiger partial charge on any atom is -0.366 e. The van der Waals surface area contributed by atoms with Gasteiger partial charge in [-0.2, -0.15) is 0 Å². The lowest BCUT2D eigenvalue weighted by atomic mass is 9.89. The third kappa shape index (κ3) is 4.52. The minimum absolute atomic E-state index is 0.257. The lowest BCUT2D eigenvalue weighted by Crippen LogP contribution is -2.16. The highest BCUT2D eigenvalue weighted by molar-refractivity contribution is 6.00. The molecular formula is C18H27NO. The third-order valence-electron chi connectivity index (χ3n) is 3.69. The number of carbonyl (C=O) groups is 1. The molecule has 1 rings (SSSR count). The van der Waals surface area contributed by atoms with E-state index in [2.05, 4.69) is 32.9 Å². The highest BCUT2D eigenvalue weighted by atomic mass is 16.1. The van der Waals surface area contributed by atoms with Gasteiger partial charge in [-0.05, 0) is 49.3 Å². The monoisotopic (exact) mass is 273 g/mol. The Balaban J connectivity index is 3.26. The molecule has 0 fully saturated rings. The van der Waals surface area contributed by atoms with Crippen molar-refractivity contribution in [2.75, 3.05) is 0 Å². The summed E-state index contributed by atoms with van der Waals surface area (Å²) in [6, 6.07) is 8.27. The van der Waals surface area contributed by atoms with E-state index in [4.69, 9.17) is 5.73 Å². The van der Waals surface area contributed by atoms with Crippen LogP contribution in [0.3, 0.4) is 0 Å². The molecule has 0 bridgehead atoms. The number of allylic oxidation sites excluding steroid dienone is 1. The smallest absolute Gasteiger partial charge is 0.244 e. The van der Waals surface area contributed by atoms with Crippen molar-refractivity contribution in [1.82, 2.24) is 0 Å². The minimum atomic E-state index is -0.257. The van der Waals surface area contributed by atoms with Gasteiger partial charge in [0.1, 0.15) is 0 Å². The Morgan fingerprint density at radius 2 is 1.65 bits per heavy atom. The van der Waals surface area contributed by atoms with Crippen molar-refractivity contribution in [3.05, 3.63) is 41.0 Å². The van der Waals surface area contributed by atoms with Gasteiger partial charge in [-0.3, -0.25) is 4.79 Å². The van der Waals surface area contributed by atoms with Crippen LogP contribution >= 0.6 is 0 Å². The first kappa shape index (κ1) is 16.5. The fourth-order valence-corrected chi connectivity index (χ4v) is 2.49. The maximum absolute atomic E-state index is 11.9. The third-order valence-corrected chi connectivity index (χ3v) is 3.69. The molecule has 0 saturated carbocycles. The zero-order valence-corrected chi connectivity index (χ0v) is 13.0. The van der Waals surface area contributed by atoms with E-state index in [1.54, 1.807) is 0 Å². The molecule has 1 amide bonds. The summed E-state index contributed by atoms with van der Waals surface area (Å²) < 4.78 is 0. The number of hydrogen-bond acceptors (Lipinski definition) is 1. The van der Waals surface area contributed by atoms with E-state index < -0.39 is 0 Å². The molecule has 0 aromatic heterocycles. The summed E-state index contributed by atoms with van der Waals surface area (Å²) in [5.74, 6) is -0.257. The molecule has 110 valence electrons. The molecule has 0 aliphatic heterocycles. The molecule has 0 aliphatic rings. The van der Waals surface area contributed by atoms with Gasteiger partial charge >= 0.3 is 0 Å². The van der Waals surface area contributed by atoms with E-state index >= 15 is 0 Å². The van der Waals surface area contributed by atoms with E-state index in [0.29, 0.717) is 0 Å². The number of amides is 1. The molecule has 2 nitrogen and oxygen atoms in total. The number of aryl methyl sites for hydroxylation is 1. The number of primary amides is 1. The SMILES string of the molecule is CCCCC(C(N)=O)=C(CCCC)c1ccccc1C. The average Bonchev–Trinajstić information content (AvgIpc) is 2.43. The first-order valence-corrected chi connectivity index (χ1v) is 7.69. The number of unbranched alkanes of at least 4 members (excludes halogenated alkanes) is 2. The Morgan fingerprint density at radius 1 is 1.05 bits per heavy atom. The summed E-state index contributed by atoms with van der Waals surface area (Å²) in [5, 5.41) is 0. The zero-order chi connectivity index (χ0) is 15.0. The Kier molecular flexibility index (Phi) is 7.06. The van der Waals surface area contributed by atoms with Crippen molar-refractivity contribution in [3.63, 3.8) is 0 Å². The molecule has 0 heterocycles. The standard InChI is InChI=1S/C18H27NO/c1-4-6-11-16(15-13-9-8-10-14(15)3)17(18(19)20)12-7-5-2/h8-10,13H,4-7,11-12H2,1-3H3,(H2,19,20). The Hall–Kier alpha value is -1.57. The van der Waals surface area contributed by atoms with Crippen molar-refractivity contribution in [1.29, 1.82) is 0 Å². The molecule has 1 aromatic rings. The van der Waals surface area contributed by atoms with Crippen LogP contribution in [0.25, 0.3) is 5.57 Å². The summed E-state index contributed by atoms with van der Waals surface area (Å²) in [7, 11) is 0. The topological polar surface area (TPSA) is 43.1 Å². The summed E-state index contributed by atoms with van der Waals surface area (Å²) in [6.45, 7) is 6.41. The van der Waals surface area contributed by atoms with Gasteiger partial charge < -0.3 is 5.73 Å². The lowest BCUT2D eigenvalue weighted by Gasteiger charge is -2.15. The summed E-state index contributed by atoms with van der Waals surface area (Å²) in [4.78, 5) is 11.9. The lowest BCUT2D eigenvalue weighted by molar-refractivity contribution is -0.114. The summed E-state index contributed by atoms with van der Waals surface area (Å²) >= 11 is 0. The van der Waals surface area contributed by atoms with Gasteiger partial charge in [0.05, 0.1) is 0 Å². The van der Waals surface area contributed by atoms with E-state index in [1.165, 1.54) is 11.1 Å². The summed E-state index contributed by atoms with van der Waals surface area (Å²) in [5.41, 5.74) is 10.0. The first-order valence-electron chi connectivity index (χ1n) is 7.69. The molecule has 0 atom stereocenters. The van der Waals surface area contributed by atoms with Crippen LogP contribution in [0.2, 0.25) is 0 Å². The van der Waals surface area contributed by atoms with Crippen LogP contribution in [0.15, 0.2) is 29.8 Å². The fraction of sp³-hybridized carbons (Fsp3) is 0.500. The average molecular weight is 273 g/mol. The largest absolute Gasteiger partial charge is 0.366 e. The van der Waals surface area contributed by atoms with Crippen molar-refractivity contribution in [2.24, 2.45) is 5.73 Å². The Bertz CT molecular complexity index is 474. The van der Waals surface area contributed by atoms with Crippen LogP contribution in [0.4, 0.5) is 0 Å². The maximum Gasteiger partial charge on any atom is 0.244 e. The van der Waals surface area contributed by atoms with Gasteiger partial charge in [0.15, 0.2) is 0 Å². The maximum atomic E-state index is 11.9. The molecule has 2 N–H and O–H groups in total. The molecule has 0 saturated heterocycles. The molecule has 0 unspecified atom stereocenters. The van der Waals surface area contributed by atoms with Crippen LogP contribution in [0, 0.1) is 6.92 Å². The van der Waals surface area contributed by atoms with Gasteiger partial charge in [0.2, 0.25) is 5.91 Å². The van der Waals surface area contributed by atoms with Crippen molar-refractivity contribution < 1.29 is 4.79 Å². The van der Waals surface area contributed by atoms with Crippen LogP contribution in [-0.4, -0.2) is 5.91 Å². The second-order valence-corrected chi connectivity index (χ2v) is 5.34. The summed E-state index contributed by atoms with van der Waals surface area (Å²) in [6.07, 6.45) is 6.02. The van der Waals surface area contributed by atoms with Crippen molar-refractivity contribution in [2.45, 2.75) is 59.3 Å². The fourth-order valence-electron chi connectivity index (χ4n) is 2.49. The van der Waals surface area contributed by atoms with Gasteiger partial charge in [-0.25, -0.2) is 0 Å². The molecule has 20 heavy (non-hydrogen) atoms. The molecular weight excluding hydrogens is 246 g/mol. The van der Waals surface area contributed by atoms with Gasteiger partial charge in [-0.15, -0.1) is 0 Å². The number of nitrogens with two attached hydrogens (primary N) is 1. The second-order valence-electron chi connectivity index (χ2n) is 5.34. The Labute approximate surface area is 123 Å². The number of carbonyl (C=O) groups excluding carboxylic acids is 1. The predicted molar refractivity (Wildman–Crippen MR) is 86.3 cm³/mol. The van der Waals surface area contributed by atoms with Crippen molar-refractivity contribution in [3.8, 4) is 0 Å². The Morgan fingerprint density at radius 3 is 2.20 bits per heavy atom. The quantitative estimate of drug-likeness (QED) is 0.690. The first-order chi connectivity index (χ1) is 9.61. The van der Waals surface area contributed by atoms with Crippen LogP contribution < -0.4 is 5.73 Å². The predicted octanol–water partition coefficient (Wildman–Crippen LogP) is 4.61. The van der Waals surface area contributed by atoms with E-state index in [1.807, 2.05) is 12.1 Å². The van der Waals surface area contributed by atoms with E-state index in [-0.39, 0.29) is 5.91 Å². The van der Waals surface area contributed by atoms with Gasteiger partial charge in [0.25, 0.3) is 0 Å².